The Morgan fingerprint density at radius 2 is 0.460 bits per heavy atom. The number of carbonyl (C=O) groups is 4. The van der Waals surface area contributed by atoms with Gasteiger partial charge in [-0.3, -0.25) is 37.3 Å². The molecule has 17 nitrogen and oxygen atoms in total. The van der Waals surface area contributed by atoms with Crippen LogP contribution in [0, 0.1) is 11.8 Å². The third-order valence-corrected chi connectivity index (χ3v) is 20.9. The van der Waals surface area contributed by atoms with Gasteiger partial charge in [0.25, 0.3) is 0 Å². The lowest BCUT2D eigenvalue weighted by Gasteiger charge is -2.21. The zero-order valence-corrected chi connectivity index (χ0v) is 67.3. The van der Waals surface area contributed by atoms with Crippen LogP contribution in [0.1, 0.15) is 427 Å². The first-order chi connectivity index (χ1) is 48.4. The lowest BCUT2D eigenvalue weighted by molar-refractivity contribution is -0.161. The predicted molar refractivity (Wildman–Crippen MR) is 409 cm³/mol. The van der Waals surface area contributed by atoms with Gasteiger partial charge in [0.1, 0.15) is 19.3 Å². The SMILES string of the molecule is CCCCCCCCCCCCCCCCCCCCCCCCC(=O)O[C@H](COC(=O)CCCCCCCCCCCCCCCC(C)C)COP(=O)(O)OC[C@@H](O)COP(=O)(O)OC[C@@H](COC(=O)CCCCCCCCCCC)OC(=O)CCCCCCCCCCCCC(C)C. The number of hydrogen-bond donors (Lipinski definition) is 3. The van der Waals surface area contributed by atoms with Crippen molar-refractivity contribution in [2.45, 2.75) is 445 Å². The van der Waals surface area contributed by atoms with E-state index in [4.69, 9.17) is 37.0 Å². The highest BCUT2D eigenvalue weighted by atomic mass is 31.2. The summed E-state index contributed by atoms with van der Waals surface area (Å²) in [6.45, 7) is 9.62. The van der Waals surface area contributed by atoms with Crippen molar-refractivity contribution in [3.05, 3.63) is 0 Å². The molecule has 0 radical (unpaired) electrons. The summed E-state index contributed by atoms with van der Waals surface area (Å²) in [7, 11) is -9.92. The lowest BCUT2D eigenvalue weighted by atomic mass is 10.0. The summed E-state index contributed by atoms with van der Waals surface area (Å²) in [6.07, 6.45) is 62.6. The molecule has 0 amide bonds. The van der Waals surface area contributed by atoms with Crippen LogP contribution in [0.2, 0.25) is 0 Å². The fourth-order valence-corrected chi connectivity index (χ4v) is 14.1. The minimum Gasteiger partial charge on any atom is -0.462 e. The van der Waals surface area contributed by atoms with Crippen LogP contribution in [-0.2, 0) is 65.4 Å². The number of aliphatic hydroxyl groups is 1. The molecule has 0 rings (SSSR count). The van der Waals surface area contributed by atoms with Crippen LogP contribution < -0.4 is 0 Å². The number of ether oxygens (including phenoxy) is 4. The number of esters is 4. The van der Waals surface area contributed by atoms with Gasteiger partial charge in [0.05, 0.1) is 26.4 Å². The van der Waals surface area contributed by atoms with Crippen molar-refractivity contribution >= 4 is 39.5 Å². The van der Waals surface area contributed by atoms with Gasteiger partial charge < -0.3 is 33.8 Å². The fraction of sp³-hybridized carbons (Fsp3) is 0.951. The predicted octanol–water partition coefficient (Wildman–Crippen LogP) is 24.3. The third kappa shape index (κ3) is 74.3. The maximum absolute atomic E-state index is 13.1. The van der Waals surface area contributed by atoms with Crippen molar-refractivity contribution in [2.75, 3.05) is 39.6 Å². The Kier molecular flexibility index (Phi) is 71.2. The Morgan fingerprint density at radius 1 is 0.270 bits per heavy atom. The average Bonchev–Trinajstić information content (AvgIpc) is 0.928. The maximum Gasteiger partial charge on any atom is 0.472 e. The number of hydrogen-bond acceptors (Lipinski definition) is 15. The van der Waals surface area contributed by atoms with E-state index in [9.17, 15) is 43.2 Å². The molecule has 0 saturated carbocycles. The minimum atomic E-state index is -4.96. The number of unbranched alkanes of at least 4 members (excludes halogenated alkanes) is 50. The zero-order chi connectivity index (χ0) is 73.5. The van der Waals surface area contributed by atoms with Gasteiger partial charge in [0.2, 0.25) is 0 Å². The van der Waals surface area contributed by atoms with Crippen LogP contribution >= 0.6 is 15.6 Å². The molecule has 0 bridgehead atoms. The molecular formula is C81H158O17P2. The van der Waals surface area contributed by atoms with E-state index in [-0.39, 0.29) is 25.7 Å². The van der Waals surface area contributed by atoms with Gasteiger partial charge in [-0.05, 0) is 37.5 Å². The number of carbonyl (C=O) groups excluding carboxylic acids is 4. The summed E-state index contributed by atoms with van der Waals surface area (Å²) < 4.78 is 68.7. The average molecular weight is 1470 g/mol. The van der Waals surface area contributed by atoms with Gasteiger partial charge in [-0.1, -0.05) is 375 Å². The Bertz CT molecular complexity index is 1920. The van der Waals surface area contributed by atoms with Crippen LogP contribution in [0.3, 0.4) is 0 Å². The highest BCUT2D eigenvalue weighted by Crippen LogP contribution is 2.45. The first-order valence-electron chi connectivity index (χ1n) is 42.0. The first kappa shape index (κ1) is 98.1. The van der Waals surface area contributed by atoms with Crippen LogP contribution in [0.25, 0.3) is 0 Å². The molecule has 0 saturated heterocycles. The summed E-state index contributed by atoms with van der Waals surface area (Å²) in [6, 6.07) is 0. The van der Waals surface area contributed by atoms with Crippen molar-refractivity contribution < 1.29 is 80.2 Å². The first-order valence-corrected chi connectivity index (χ1v) is 45.0. The number of phosphoric acid groups is 2. The van der Waals surface area contributed by atoms with Crippen molar-refractivity contribution in [3.63, 3.8) is 0 Å². The molecule has 594 valence electrons. The fourth-order valence-electron chi connectivity index (χ4n) is 12.5. The van der Waals surface area contributed by atoms with Crippen molar-refractivity contribution in [3.8, 4) is 0 Å². The van der Waals surface area contributed by atoms with Crippen LogP contribution in [0.15, 0.2) is 0 Å². The maximum atomic E-state index is 13.1. The Labute approximate surface area is 613 Å². The summed E-state index contributed by atoms with van der Waals surface area (Å²) in [5.41, 5.74) is 0. The van der Waals surface area contributed by atoms with Crippen molar-refractivity contribution in [2.24, 2.45) is 11.8 Å². The molecule has 0 aromatic heterocycles. The largest absolute Gasteiger partial charge is 0.472 e. The molecule has 0 aliphatic heterocycles. The standard InChI is InChI=1S/C81H158O17P2/c1-7-9-11-13-15-17-18-19-20-21-22-23-24-25-26-27-30-34-41-47-53-59-65-80(85)97-77(70-92-79(84)64-58-52-46-40-33-31-28-29-32-38-43-49-55-61-73(3)4)72-96-100(89,90)94-68-75(82)67-93-99(87,88)95-71-76(69-91-78(83)63-57-51-45-37-16-14-12-10-8-2)98-81(86)66-60-54-48-42-36-35-39-44-50-56-62-74(5)6/h73-77,82H,7-72H2,1-6H3,(H,87,88)(H,89,90)/t75-,76+,77+/m0/s1. The molecule has 0 aliphatic rings. The van der Waals surface area contributed by atoms with E-state index in [0.29, 0.717) is 25.7 Å². The lowest BCUT2D eigenvalue weighted by Crippen LogP contribution is -2.30. The molecule has 100 heavy (non-hydrogen) atoms. The quantitative estimate of drug-likeness (QED) is 0.0222. The van der Waals surface area contributed by atoms with Gasteiger partial charge in [0, 0.05) is 25.7 Å². The number of phosphoric ester groups is 2. The monoisotopic (exact) mass is 1470 g/mol. The van der Waals surface area contributed by atoms with E-state index in [0.717, 1.165) is 102 Å². The summed E-state index contributed by atoms with van der Waals surface area (Å²) >= 11 is 0. The van der Waals surface area contributed by atoms with Crippen molar-refractivity contribution in [1.29, 1.82) is 0 Å². The molecule has 0 spiro atoms. The molecule has 2 unspecified atom stereocenters. The van der Waals surface area contributed by atoms with Gasteiger partial charge >= 0.3 is 39.5 Å². The second-order valence-corrected chi connectivity index (χ2v) is 33.0. The summed E-state index contributed by atoms with van der Waals surface area (Å²) in [5, 5.41) is 10.6. The smallest absolute Gasteiger partial charge is 0.462 e. The van der Waals surface area contributed by atoms with E-state index in [1.165, 1.54) is 244 Å². The van der Waals surface area contributed by atoms with Crippen LogP contribution in [0.4, 0.5) is 0 Å². The molecule has 0 heterocycles. The Morgan fingerprint density at radius 3 is 0.680 bits per heavy atom. The van der Waals surface area contributed by atoms with E-state index in [2.05, 4.69) is 41.5 Å². The van der Waals surface area contributed by atoms with E-state index in [1.807, 2.05) is 0 Å². The van der Waals surface area contributed by atoms with E-state index in [1.54, 1.807) is 0 Å². The van der Waals surface area contributed by atoms with Gasteiger partial charge in [-0.2, -0.15) is 0 Å². The second kappa shape index (κ2) is 72.6. The normalized spacial score (nSPS) is 13.9. The van der Waals surface area contributed by atoms with Gasteiger partial charge in [-0.15, -0.1) is 0 Å². The topological polar surface area (TPSA) is 237 Å². The molecule has 0 aliphatic carbocycles. The van der Waals surface area contributed by atoms with E-state index >= 15 is 0 Å². The van der Waals surface area contributed by atoms with E-state index < -0.39 is 97.5 Å². The molecular weight excluding hydrogens is 1310 g/mol. The zero-order valence-electron chi connectivity index (χ0n) is 65.5. The number of rotatable bonds is 80. The highest BCUT2D eigenvalue weighted by Gasteiger charge is 2.30. The third-order valence-electron chi connectivity index (χ3n) is 19.0. The van der Waals surface area contributed by atoms with Crippen LogP contribution in [0.5, 0.6) is 0 Å². The van der Waals surface area contributed by atoms with Crippen molar-refractivity contribution in [1.82, 2.24) is 0 Å². The second-order valence-electron chi connectivity index (χ2n) is 30.1. The van der Waals surface area contributed by atoms with Crippen LogP contribution in [-0.4, -0.2) is 96.7 Å². The molecule has 19 heteroatoms. The van der Waals surface area contributed by atoms with Gasteiger partial charge in [0.15, 0.2) is 12.2 Å². The summed E-state index contributed by atoms with van der Waals surface area (Å²) in [5.74, 6) is -0.568. The highest BCUT2D eigenvalue weighted by molar-refractivity contribution is 7.47. The summed E-state index contributed by atoms with van der Waals surface area (Å²) in [4.78, 5) is 72.9. The molecule has 5 atom stereocenters. The Balaban J connectivity index is 5.19. The van der Waals surface area contributed by atoms with Gasteiger partial charge in [-0.25, -0.2) is 9.13 Å². The molecule has 0 aromatic carbocycles. The number of aliphatic hydroxyl groups excluding tert-OH is 1. The molecule has 0 fully saturated rings. The Hall–Kier alpha value is -1.94. The minimum absolute atomic E-state index is 0.106. The molecule has 0 aromatic rings. The molecule has 3 N–H and O–H groups in total.